The third kappa shape index (κ3) is 3.14. The maximum atomic E-state index is 13.5. The van der Waals surface area contributed by atoms with Gasteiger partial charge in [-0.15, -0.1) is 0 Å². The average molecular weight is 441 g/mol. The molecule has 3 fully saturated rings. The molecule has 4 atom stereocenters. The number of fused-ring (bicyclic) bond motifs is 1. The number of carbonyl (C=O) groups is 3. The van der Waals surface area contributed by atoms with Crippen LogP contribution in [0.3, 0.4) is 0 Å². The molecule has 3 amide bonds. The molecule has 4 aliphatic rings. The molecule has 0 N–H and O–H groups in total. The summed E-state index contributed by atoms with van der Waals surface area (Å²) < 4.78 is 16.6. The van der Waals surface area contributed by atoms with Crippen LogP contribution in [-0.4, -0.2) is 85.9 Å². The van der Waals surface area contributed by atoms with Crippen molar-refractivity contribution in [1.82, 2.24) is 9.80 Å². The summed E-state index contributed by atoms with van der Waals surface area (Å²) in [7, 11) is 1.59. The standard InChI is InChI=1S/C23H27N3O6/c1-3-31-22(29)25-11-9-24(10-12-25)20(27)18-17-7-8-23(32-17)14-26(21(28)19(18)23)15-5-4-6-16(13-15)30-2/h4-8,13,17-19H,3,9-12,14H2,1-2H3/t17-,18+,19-,23+/m1/s1. The van der Waals surface area contributed by atoms with Crippen LogP contribution in [0.1, 0.15) is 6.92 Å². The SMILES string of the molecule is CCOC(=O)N1CCN(C(=O)[C@H]2[C@H]3C=C[C@@]4(CN(c5cccc(OC)c5)C(=O)[C@@H]24)O3)CC1. The predicted octanol–water partition coefficient (Wildman–Crippen LogP) is 1.28. The molecule has 1 spiro atoms. The fraction of sp³-hybridized carbons (Fsp3) is 0.522. The normalized spacial score (nSPS) is 30.6. The second-order valence-electron chi connectivity index (χ2n) is 8.54. The number of rotatable bonds is 4. The minimum atomic E-state index is -0.780. The smallest absolute Gasteiger partial charge is 0.409 e. The number of piperazine rings is 1. The van der Waals surface area contributed by atoms with Crippen LogP contribution in [0.2, 0.25) is 0 Å². The topological polar surface area (TPSA) is 88.6 Å². The van der Waals surface area contributed by atoms with Gasteiger partial charge in [0.15, 0.2) is 0 Å². The van der Waals surface area contributed by atoms with Gasteiger partial charge in [0.05, 0.1) is 38.2 Å². The lowest BCUT2D eigenvalue weighted by molar-refractivity contribution is -0.141. The summed E-state index contributed by atoms with van der Waals surface area (Å²) in [4.78, 5) is 44.0. The van der Waals surface area contributed by atoms with E-state index in [9.17, 15) is 14.4 Å². The first kappa shape index (κ1) is 20.8. The first-order valence-electron chi connectivity index (χ1n) is 11.0. The Bertz CT molecular complexity index is 972. The van der Waals surface area contributed by atoms with E-state index in [1.165, 1.54) is 0 Å². The Kier molecular flexibility index (Phi) is 5.08. The molecule has 4 aliphatic heterocycles. The summed E-state index contributed by atoms with van der Waals surface area (Å²) >= 11 is 0. The molecule has 1 aromatic rings. The van der Waals surface area contributed by atoms with Crippen molar-refractivity contribution < 1.29 is 28.6 Å². The van der Waals surface area contributed by atoms with Crippen molar-refractivity contribution in [3.05, 3.63) is 36.4 Å². The molecule has 4 heterocycles. The van der Waals surface area contributed by atoms with Gasteiger partial charge in [-0.05, 0) is 19.1 Å². The first-order valence-corrected chi connectivity index (χ1v) is 11.0. The molecule has 32 heavy (non-hydrogen) atoms. The zero-order valence-electron chi connectivity index (χ0n) is 18.2. The van der Waals surface area contributed by atoms with Crippen molar-refractivity contribution in [3.8, 4) is 5.75 Å². The van der Waals surface area contributed by atoms with E-state index in [1.807, 2.05) is 36.4 Å². The van der Waals surface area contributed by atoms with E-state index in [0.29, 0.717) is 45.1 Å². The van der Waals surface area contributed by atoms with Crippen molar-refractivity contribution in [2.24, 2.45) is 11.8 Å². The van der Waals surface area contributed by atoms with Crippen LogP contribution in [0.4, 0.5) is 10.5 Å². The van der Waals surface area contributed by atoms with E-state index in [-0.39, 0.29) is 17.9 Å². The Morgan fingerprint density at radius 1 is 1.19 bits per heavy atom. The van der Waals surface area contributed by atoms with Gasteiger partial charge in [-0.3, -0.25) is 9.59 Å². The first-order chi connectivity index (χ1) is 15.5. The van der Waals surface area contributed by atoms with Crippen molar-refractivity contribution in [2.45, 2.75) is 18.6 Å². The largest absolute Gasteiger partial charge is 0.497 e. The molecule has 9 nitrogen and oxygen atoms in total. The lowest BCUT2D eigenvalue weighted by atomic mass is 9.76. The maximum absolute atomic E-state index is 13.5. The molecular weight excluding hydrogens is 414 g/mol. The van der Waals surface area contributed by atoms with Crippen LogP contribution in [0.5, 0.6) is 5.75 Å². The number of ether oxygens (including phenoxy) is 3. The third-order valence-electron chi connectivity index (χ3n) is 6.87. The molecular formula is C23H27N3O6. The predicted molar refractivity (Wildman–Crippen MR) is 114 cm³/mol. The molecule has 1 aromatic carbocycles. The average Bonchev–Trinajstić information content (AvgIpc) is 3.47. The second kappa shape index (κ2) is 7.81. The van der Waals surface area contributed by atoms with E-state index >= 15 is 0 Å². The third-order valence-corrected chi connectivity index (χ3v) is 6.87. The van der Waals surface area contributed by atoms with E-state index in [0.717, 1.165) is 5.69 Å². The lowest BCUT2D eigenvalue weighted by Crippen LogP contribution is -2.54. The zero-order valence-corrected chi connectivity index (χ0v) is 18.2. The summed E-state index contributed by atoms with van der Waals surface area (Å²) in [5.74, 6) is -0.640. The van der Waals surface area contributed by atoms with Crippen LogP contribution in [-0.2, 0) is 19.1 Å². The Morgan fingerprint density at radius 3 is 2.66 bits per heavy atom. The van der Waals surface area contributed by atoms with Crippen molar-refractivity contribution in [2.75, 3.05) is 51.3 Å². The molecule has 5 rings (SSSR count). The van der Waals surface area contributed by atoms with Gasteiger partial charge in [-0.25, -0.2) is 4.79 Å². The van der Waals surface area contributed by atoms with Gasteiger partial charge in [0.1, 0.15) is 11.4 Å². The van der Waals surface area contributed by atoms with E-state index in [1.54, 1.807) is 28.7 Å². The summed E-state index contributed by atoms with van der Waals surface area (Å²) in [5.41, 5.74) is -0.0504. The molecule has 9 heteroatoms. The molecule has 3 saturated heterocycles. The number of hydrogen-bond acceptors (Lipinski definition) is 6. The molecule has 0 radical (unpaired) electrons. The zero-order chi connectivity index (χ0) is 22.5. The Balaban J connectivity index is 1.33. The fourth-order valence-electron chi connectivity index (χ4n) is 5.31. The van der Waals surface area contributed by atoms with Crippen molar-refractivity contribution in [3.63, 3.8) is 0 Å². The Labute approximate surface area is 186 Å². The highest BCUT2D eigenvalue weighted by molar-refractivity contribution is 6.03. The van der Waals surface area contributed by atoms with Gasteiger partial charge in [0.2, 0.25) is 11.8 Å². The van der Waals surface area contributed by atoms with E-state index < -0.39 is 23.5 Å². The van der Waals surface area contributed by atoms with Crippen LogP contribution in [0, 0.1) is 11.8 Å². The van der Waals surface area contributed by atoms with Gasteiger partial charge < -0.3 is 28.9 Å². The number of methoxy groups -OCH3 is 1. The molecule has 0 aromatic heterocycles. The van der Waals surface area contributed by atoms with Gasteiger partial charge in [-0.2, -0.15) is 0 Å². The van der Waals surface area contributed by atoms with Crippen LogP contribution >= 0.6 is 0 Å². The van der Waals surface area contributed by atoms with Gasteiger partial charge in [0.25, 0.3) is 0 Å². The lowest BCUT2D eigenvalue weighted by Gasteiger charge is -2.36. The summed E-state index contributed by atoms with van der Waals surface area (Å²) in [5, 5.41) is 0. The number of nitrogens with zero attached hydrogens (tertiary/aromatic N) is 3. The maximum Gasteiger partial charge on any atom is 0.409 e. The van der Waals surface area contributed by atoms with Gasteiger partial charge >= 0.3 is 6.09 Å². The van der Waals surface area contributed by atoms with Crippen molar-refractivity contribution >= 4 is 23.6 Å². The van der Waals surface area contributed by atoms with E-state index in [4.69, 9.17) is 14.2 Å². The summed E-state index contributed by atoms with van der Waals surface area (Å²) in [6.45, 7) is 4.12. The highest BCUT2D eigenvalue weighted by Gasteiger charge is 2.67. The summed E-state index contributed by atoms with van der Waals surface area (Å²) in [6.07, 6.45) is 3.11. The molecule has 170 valence electrons. The van der Waals surface area contributed by atoms with Crippen LogP contribution in [0.15, 0.2) is 36.4 Å². The minimum Gasteiger partial charge on any atom is -0.497 e. The van der Waals surface area contributed by atoms with Gasteiger partial charge in [-0.1, -0.05) is 18.2 Å². The number of carbonyl (C=O) groups excluding carboxylic acids is 3. The minimum absolute atomic E-state index is 0.0874. The second-order valence-corrected chi connectivity index (χ2v) is 8.54. The summed E-state index contributed by atoms with van der Waals surface area (Å²) in [6, 6.07) is 7.34. The van der Waals surface area contributed by atoms with Gasteiger partial charge in [0, 0.05) is 37.9 Å². The molecule has 2 bridgehead atoms. The Morgan fingerprint density at radius 2 is 1.94 bits per heavy atom. The Hall–Kier alpha value is -3.07. The van der Waals surface area contributed by atoms with Crippen LogP contribution in [0.25, 0.3) is 0 Å². The number of anilines is 1. The van der Waals surface area contributed by atoms with Crippen molar-refractivity contribution in [1.29, 1.82) is 0 Å². The highest BCUT2D eigenvalue weighted by atomic mass is 16.6. The number of hydrogen-bond donors (Lipinski definition) is 0. The number of amides is 3. The highest BCUT2D eigenvalue weighted by Crippen LogP contribution is 2.53. The number of benzene rings is 1. The van der Waals surface area contributed by atoms with Crippen LogP contribution < -0.4 is 9.64 Å². The molecule has 0 saturated carbocycles. The monoisotopic (exact) mass is 441 g/mol. The van der Waals surface area contributed by atoms with E-state index in [2.05, 4.69) is 0 Å². The molecule has 0 aliphatic carbocycles. The molecule has 0 unspecified atom stereocenters. The fourth-order valence-corrected chi connectivity index (χ4v) is 5.31. The quantitative estimate of drug-likeness (QED) is 0.654.